The zero-order valence-corrected chi connectivity index (χ0v) is 14.2. The summed E-state index contributed by atoms with van der Waals surface area (Å²) in [6, 6.07) is 7.75. The van der Waals surface area contributed by atoms with Gasteiger partial charge in [-0.3, -0.25) is 18.6 Å². The van der Waals surface area contributed by atoms with E-state index >= 15 is 0 Å². The van der Waals surface area contributed by atoms with Crippen molar-refractivity contribution in [3.63, 3.8) is 0 Å². The summed E-state index contributed by atoms with van der Waals surface area (Å²) < 4.78 is 3.24. The highest BCUT2D eigenvalue weighted by Crippen LogP contribution is 2.18. The summed E-state index contributed by atoms with van der Waals surface area (Å²) in [4.78, 5) is 25.3. The van der Waals surface area contributed by atoms with Crippen LogP contribution in [0, 0.1) is 6.92 Å². The van der Waals surface area contributed by atoms with Gasteiger partial charge in [0, 0.05) is 6.04 Å². The van der Waals surface area contributed by atoms with E-state index in [-0.39, 0.29) is 29.7 Å². The highest BCUT2D eigenvalue weighted by molar-refractivity contribution is 5.82. The molecule has 25 heavy (non-hydrogen) atoms. The van der Waals surface area contributed by atoms with Crippen LogP contribution in [-0.2, 0) is 11.3 Å². The van der Waals surface area contributed by atoms with Crippen LogP contribution in [-0.4, -0.2) is 31.1 Å². The van der Waals surface area contributed by atoms with Crippen LogP contribution in [0.25, 0.3) is 16.7 Å². The van der Waals surface area contributed by atoms with Crippen LogP contribution in [0.3, 0.4) is 0 Å². The Hall–Kier alpha value is -2.70. The van der Waals surface area contributed by atoms with Crippen molar-refractivity contribution in [1.29, 1.82) is 0 Å². The Morgan fingerprint density at radius 2 is 1.88 bits per heavy atom. The van der Waals surface area contributed by atoms with Crippen molar-refractivity contribution in [2.75, 3.05) is 0 Å². The number of amides is 1. The summed E-state index contributed by atoms with van der Waals surface area (Å²) >= 11 is 0. The lowest BCUT2D eigenvalue weighted by molar-refractivity contribution is -0.122. The van der Waals surface area contributed by atoms with E-state index in [2.05, 4.69) is 15.5 Å². The maximum atomic E-state index is 12.8. The van der Waals surface area contributed by atoms with Gasteiger partial charge in [-0.15, -0.1) is 10.2 Å². The minimum absolute atomic E-state index is 0.00173. The third-order valence-electron chi connectivity index (χ3n) is 4.95. The lowest BCUT2D eigenvalue weighted by Gasteiger charge is -2.23. The molecule has 7 nitrogen and oxygen atoms in total. The summed E-state index contributed by atoms with van der Waals surface area (Å²) in [6.45, 7) is 1.81. The highest BCUT2D eigenvalue weighted by Gasteiger charge is 2.19. The van der Waals surface area contributed by atoms with Crippen molar-refractivity contribution in [2.45, 2.75) is 51.6 Å². The van der Waals surface area contributed by atoms with Gasteiger partial charge in [-0.25, -0.2) is 0 Å². The molecule has 0 unspecified atom stereocenters. The standard InChI is InChI=1S/C18H21N5O2/c1-12-20-21-17-18(25)22(14-9-5-6-10-15(14)23(12)17)11-16(24)19-13-7-3-2-4-8-13/h5-6,9-10,13H,2-4,7-8,11H2,1H3,(H,19,24). The largest absolute Gasteiger partial charge is 0.352 e. The molecule has 2 aromatic heterocycles. The van der Waals surface area contributed by atoms with Crippen molar-refractivity contribution >= 4 is 22.6 Å². The molecule has 0 bridgehead atoms. The Morgan fingerprint density at radius 3 is 2.64 bits per heavy atom. The smallest absolute Gasteiger partial charge is 0.297 e. The molecular weight excluding hydrogens is 318 g/mol. The fraction of sp³-hybridized carbons (Fsp3) is 0.444. The average Bonchev–Trinajstić information content (AvgIpc) is 3.01. The second-order valence-corrected chi connectivity index (χ2v) is 6.69. The van der Waals surface area contributed by atoms with E-state index in [0.717, 1.165) is 31.2 Å². The molecule has 3 aromatic rings. The fourth-order valence-electron chi connectivity index (χ4n) is 3.72. The topological polar surface area (TPSA) is 81.3 Å². The van der Waals surface area contributed by atoms with Crippen molar-refractivity contribution in [3.05, 3.63) is 40.4 Å². The molecule has 130 valence electrons. The Bertz CT molecular complexity index is 998. The molecule has 1 aromatic carbocycles. The molecule has 0 saturated heterocycles. The van der Waals surface area contributed by atoms with Gasteiger partial charge in [0.15, 0.2) is 0 Å². The summed E-state index contributed by atoms with van der Waals surface area (Å²) in [5.41, 5.74) is 1.49. The van der Waals surface area contributed by atoms with Crippen molar-refractivity contribution in [3.8, 4) is 0 Å². The predicted molar refractivity (Wildman–Crippen MR) is 94.5 cm³/mol. The number of carbonyl (C=O) groups excluding carboxylic acids is 1. The monoisotopic (exact) mass is 339 g/mol. The number of benzene rings is 1. The van der Waals surface area contributed by atoms with E-state index in [9.17, 15) is 9.59 Å². The molecule has 0 aliphatic heterocycles. The fourth-order valence-corrected chi connectivity index (χ4v) is 3.72. The van der Waals surface area contributed by atoms with Crippen LogP contribution < -0.4 is 10.9 Å². The van der Waals surface area contributed by atoms with Crippen LogP contribution in [0.5, 0.6) is 0 Å². The minimum Gasteiger partial charge on any atom is -0.352 e. The third-order valence-corrected chi connectivity index (χ3v) is 4.95. The Balaban J connectivity index is 1.74. The maximum Gasteiger partial charge on any atom is 0.297 e. The molecule has 2 heterocycles. The van der Waals surface area contributed by atoms with Gasteiger partial charge < -0.3 is 5.32 Å². The molecule has 1 aliphatic rings. The van der Waals surface area contributed by atoms with E-state index in [0.29, 0.717) is 11.3 Å². The van der Waals surface area contributed by atoms with Gasteiger partial charge in [0.05, 0.1) is 11.0 Å². The number of hydrogen-bond acceptors (Lipinski definition) is 4. The Morgan fingerprint density at radius 1 is 1.16 bits per heavy atom. The second kappa shape index (κ2) is 6.31. The number of rotatable bonds is 3. The number of nitrogens with one attached hydrogen (secondary N) is 1. The first-order valence-corrected chi connectivity index (χ1v) is 8.78. The molecule has 1 amide bonds. The van der Waals surface area contributed by atoms with Gasteiger partial charge in [-0.05, 0) is 31.9 Å². The number of aromatic nitrogens is 4. The third kappa shape index (κ3) is 2.79. The number of aryl methyl sites for hydroxylation is 1. The number of para-hydroxylation sites is 2. The minimum atomic E-state index is -0.293. The Labute approximate surface area is 144 Å². The normalized spacial score (nSPS) is 15.7. The SMILES string of the molecule is Cc1nnc2c(=O)n(CC(=O)NC3CCCCC3)c3ccccc3n12. The molecule has 1 N–H and O–H groups in total. The van der Waals surface area contributed by atoms with E-state index in [1.807, 2.05) is 31.2 Å². The first-order chi connectivity index (χ1) is 12.1. The lowest BCUT2D eigenvalue weighted by atomic mass is 9.95. The first-order valence-electron chi connectivity index (χ1n) is 8.78. The molecule has 4 rings (SSSR count). The van der Waals surface area contributed by atoms with E-state index in [1.165, 1.54) is 11.0 Å². The summed E-state index contributed by atoms with van der Waals surface area (Å²) in [7, 11) is 0. The molecule has 1 saturated carbocycles. The average molecular weight is 339 g/mol. The molecular formula is C18H21N5O2. The van der Waals surface area contributed by atoms with Crippen molar-refractivity contribution in [2.24, 2.45) is 0 Å². The van der Waals surface area contributed by atoms with Crippen LogP contribution in [0.2, 0.25) is 0 Å². The number of fused-ring (bicyclic) bond motifs is 3. The molecule has 0 radical (unpaired) electrons. The molecule has 0 atom stereocenters. The summed E-state index contributed by atoms with van der Waals surface area (Å²) in [5, 5.41) is 11.1. The lowest BCUT2D eigenvalue weighted by Crippen LogP contribution is -2.40. The number of carbonyl (C=O) groups is 1. The van der Waals surface area contributed by atoms with Gasteiger partial charge in [-0.1, -0.05) is 31.4 Å². The van der Waals surface area contributed by atoms with Gasteiger partial charge >= 0.3 is 0 Å². The van der Waals surface area contributed by atoms with E-state index in [1.54, 1.807) is 4.40 Å². The predicted octanol–water partition coefficient (Wildman–Crippen LogP) is 1.80. The van der Waals surface area contributed by atoms with Gasteiger partial charge in [0.1, 0.15) is 12.4 Å². The molecule has 1 aliphatic carbocycles. The van der Waals surface area contributed by atoms with E-state index < -0.39 is 0 Å². The Kier molecular flexibility index (Phi) is 3.99. The maximum absolute atomic E-state index is 12.8. The zero-order chi connectivity index (χ0) is 17.4. The number of hydrogen-bond donors (Lipinski definition) is 1. The van der Waals surface area contributed by atoms with Gasteiger partial charge in [0.25, 0.3) is 5.56 Å². The zero-order valence-electron chi connectivity index (χ0n) is 14.2. The summed E-state index contributed by atoms with van der Waals surface area (Å²) in [5.74, 6) is 0.529. The van der Waals surface area contributed by atoms with Crippen molar-refractivity contribution in [1.82, 2.24) is 24.5 Å². The molecule has 1 fully saturated rings. The van der Waals surface area contributed by atoms with Crippen LogP contribution in [0.1, 0.15) is 37.9 Å². The van der Waals surface area contributed by atoms with Crippen LogP contribution in [0.15, 0.2) is 29.1 Å². The molecule has 7 heteroatoms. The van der Waals surface area contributed by atoms with Crippen LogP contribution >= 0.6 is 0 Å². The van der Waals surface area contributed by atoms with Gasteiger partial charge in [0.2, 0.25) is 11.6 Å². The van der Waals surface area contributed by atoms with Crippen molar-refractivity contribution < 1.29 is 4.79 Å². The second-order valence-electron chi connectivity index (χ2n) is 6.69. The first kappa shape index (κ1) is 15.8. The molecule has 0 spiro atoms. The van der Waals surface area contributed by atoms with E-state index in [4.69, 9.17) is 0 Å². The van der Waals surface area contributed by atoms with Gasteiger partial charge in [-0.2, -0.15) is 0 Å². The highest BCUT2D eigenvalue weighted by atomic mass is 16.2. The van der Waals surface area contributed by atoms with Crippen LogP contribution in [0.4, 0.5) is 0 Å². The summed E-state index contributed by atoms with van der Waals surface area (Å²) in [6.07, 6.45) is 5.57. The number of nitrogens with zero attached hydrogens (tertiary/aromatic N) is 4. The quantitative estimate of drug-likeness (QED) is 0.789.